The van der Waals surface area contributed by atoms with Crippen LogP contribution in [0.3, 0.4) is 0 Å². The molecule has 0 radical (unpaired) electrons. The summed E-state index contributed by atoms with van der Waals surface area (Å²) in [6.07, 6.45) is 0. The van der Waals surface area contributed by atoms with Gasteiger partial charge in [-0.15, -0.1) is 6.58 Å². The van der Waals surface area contributed by atoms with Gasteiger partial charge in [0.05, 0.1) is 0 Å². The lowest BCUT2D eigenvalue weighted by Crippen LogP contribution is -2.68. The van der Waals surface area contributed by atoms with Crippen molar-refractivity contribution < 1.29 is 28.8 Å². The molecule has 0 heterocycles. The summed E-state index contributed by atoms with van der Waals surface area (Å²) >= 11 is 0. The second-order valence-corrected chi connectivity index (χ2v) is 45.0. The van der Waals surface area contributed by atoms with Crippen molar-refractivity contribution in [1.82, 2.24) is 0 Å². The molecule has 0 spiro atoms. The van der Waals surface area contributed by atoms with Crippen molar-refractivity contribution in [1.29, 1.82) is 0 Å². The van der Waals surface area contributed by atoms with Crippen LogP contribution in [0.2, 0.25) is 111 Å². The van der Waals surface area contributed by atoms with E-state index in [1.54, 1.807) is 0 Å². The van der Waals surface area contributed by atoms with Crippen molar-refractivity contribution in [3.63, 3.8) is 0 Å². The average Bonchev–Trinajstić information content (AvgIpc) is 2.34. The number of hydrogen-bond acceptors (Lipinski definition) is 7. The Morgan fingerprint density at radius 2 is 0.559 bits per heavy atom. The summed E-state index contributed by atoms with van der Waals surface area (Å²) in [7, 11) is -19.9. The van der Waals surface area contributed by atoms with Crippen molar-refractivity contribution in [3.05, 3.63) is 12.3 Å². The van der Waals surface area contributed by atoms with Crippen molar-refractivity contribution in [2.24, 2.45) is 0 Å². The monoisotopic (exact) mass is 618 g/mol. The molecule has 0 aliphatic carbocycles. The third-order valence-corrected chi connectivity index (χ3v) is 29.9. The number of hydrogen-bond donors (Lipinski definition) is 0. The fourth-order valence-corrected chi connectivity index (χ4v) is 35.8. The summed E-state index contributed by atoms with van der Waals surface area (Å²) in [5, 5.41) is 0. The van der Waals surface area contributed by atoms with Gasteiger partial charge in [0.2, 0.25) is 8.32 Å². The Balaban J connectivity index is 6.61. The normalized spacial score (nSPS) is 15.6. The first kappa shape index (κ1) is 35.2. The van der Waals surface area contributed by atoms with Crippen LogP contribution < -0.4 is 0 Å². The molecule has 0 aliphatic heterocycles. The second kappa shape index (κ2) is 11.5. The van der Waals surface area contributed by atoms with Gasteiger partial charge in [0.15, 0.2) is 33.3 Å². The van der Waals surface area contributed by atoms with Crippen LogP contribution in [-0.2, 0) is 28.8 Å². The maximum atomic E-state index is 6.89. The van der Waals surface area contributed by atoms with E-state index < -0.39 is 68.0 Å². The SMILES string of the molecule is C=C[Si](C)(C)O[Si](C)(O[Si](C)(O[Si](C)(C)C)O[Si](C)(C)C)O[Si](C)(O[Si](C)(C)C)O[Si](C)(C)C. The topological polar surface area (TPSA) is 64.6 Å². The first-order valence-electron chi connectivity index (χ1n) is 12.1. The zero-order chi connectivity index (χ0) is 27.7. The molecule has 0 aliphatic rings. The maximum Gasteiger partial charge on any atom is 0.472 e. The van der Waals surface area contributed by atoms with Crippen LogP contribution in [0.15, 0.2) is 12.3 Å². The summed E-state index contributed by atoms with van der Waals surface area (Å²) in [4.78, 5) is 0. The van der Waals surface area contributed by atoms with Gasteiger partial charge in [0.1, 0.15) is 0 Å². The summed E-state index contributed by atoms with van der Waals surface area (Å²) in [6, 6.07) is 0. The smallest absolute Gasteiger partial charge is 0.417 e. The van der Waals surface area contributed by atoms with E-state index in [9.17, 15) is 0 Å². The molecular weight excluding hydrogens is 565 g/mol. The minimum Gasteiger partial charge on any atom is -0.417 e. The largest absolute Gasteiger partial charge is 0.472 e. The lowest BCUT2D eigenvalue weighted by molar-refractivity contribution is 0.151. The highest BCUT2D eigenvalue weighted by Crippen LogP contribution is 2.32. The van der Waals surface area contributed by atoms with Gasteiger partial charge in [0, 0.05) is 19.6 Å². The molecule has 0 aromatic heterocycles. The maximum absolute atomic E-state index is 6.89. The van der Waals surface area contributed by atoms with E-state index >= 15 is 0 Å². The van der Waals surface area contributed by atoms with E-state index in [2.05, 4.69) is 98.2 Å². The Bertz CT molecular complexity index is 602. The minimum absolute atomic E-state index is 1.90. The van der Waals surface area contributed by atoms with Crippen molar-refractivity contribution >= 4 is 68.0 Å². The lowest BCUT2D eigenvalue weighted by atomic mass is 11.3. The van der Waals surface area contributed by atoms with Gasteiger partial charge in [-0.25, -0.2) is 0 Å². The average molecular weight is 619 g/mol. The molecule has 0 rings (SSSR count). The fraction of sp³-hybridized carbons (Fsp3) is 0.895. The highest BCUT2D eigenvalue weighted by molar-refractivity contribution is 6.94. The molecular formula is C19H54O7Si8. The zero-order valence-corrected chi connectivity index (χ0v) is 33.1. The highest BCUT2D eigenvalue weighted by atomic mass is 28.6. The summed E-state index contributed by atoms with van der Waals surface area (Å²) in [5.41, 5.74) is 1.90. The second-order valence-electron chi connectivity index (χ2n) is 13.6. The van der Waals surface area contributed by atoms with Crippen LogP contribution in [0.25, 0.3) is 0 Å². The van der Waals surface area contributed by atoms with Crippen LogP contribution in [0, 0.1) is 0 Å². The van der Waals surface area contributed by atoms with Gasteiger partial charge in [0.25, 0.3) is 0 Å². The standard InChI is InChI=1S/C19H54O7Si8/c1-19-31(14,15)24-34(18,25-32(16,20-27(2,3)4)21-28(5,6)7)26-33(17,22-29(8,9)10)23-30(11,12)13/h19H,1H2,2-18H3. The summed E-state index contributed by atoms with van der Waals surface area (Å²) < 4.78 is 47.1. The molecule has 0 N–H and O–H groups in total. The van der Waals surface area contributed by atoms with Crippen LogP contribution in [0.5, 0.6) is 0 Å². The Labute approximate surface area is 219 Å². The Morgan fingerprint density at radius 1 is 0.353 bits per heavy atom. The quantitative estimate of drug-likeness (QED) is 0.182. The first-order chi connectivity index (χ1) is 14.5. The summed E-state index contributed by atoms with van der Waals surface area (Å²) in [5.74, 6) is 0. The van der Waals surface area contributed by atoms with Crippen molar-refractivity contribution in [2.75, 3.05) is 0 Å². The van der Waals surface area contributed by atoms with E-state index in [1.807, 2.05) is 25.3 Å². The molecule has 0 bridgehead atoms. The molecule has 0 saturated carbocycles. The lowest BCUT2D eigenvalue weighted by Gasteiger charge is -2.46. The Kier molecular flexibility index (Phi) is 11.9. The molecule has 0 amide bonds. The predicted octanol–water partition coefficient (Wildman–Crippen LogP) is 7.08. The van der Waals surface area contributed by atoms with Crippen LogP contribution >= 0.6 is 0 Å². The van der Waals surface area contributed by atoms with Gasteiger partial charge < -0.3 is 28.8 Å². The van der Waals surface area contributed by atoms with E-state index in [1.165, 1.54) is 0 Å². The van der Waals surface area contributed by atoms with Gasteiger partial charge in [-0.1, -0.05) is 5.70 Å². The molecule has 0 aromatic carbocycles. The molecule has 34 heavy (non-hydrogen) atoms. The van der Waals surface area contributed by atoms with Crippen molar-refractivity contribution in [2.45, 2.75) is 111 Å². The molecule has 0 unspecified atom stereocenters. The molecule has 0 aromatic rings. The first-order valence-corrected chi connectivity index (χ1v) is 35.3. The molecule has 0 saturated heterocycles. The molecule has 0 fully saturated rings. The third kappa shape index (κ3) is 16.1. The molecule has 15 heteroatoms. The Hall–Kier alpha value is 1.20. The third-order valence-electron chi connectivity index (χ3n) is 3.65. The van der Waals surface area contributed by atoms with Crippen LogP contribution in [-0.4, -0.2) is 68.0 Å². The van der Waals surface area contributed by atoms with Crippen molar-refractivity contribution in [3.8, 4) is 0 Å². The minimum atomic E-state index is -3.37. The van der Waals surface area contributed by atoms with E-state index in [-0.39, 0.29) is 0 Å². The van der Waals surface area contributed by atoms with Gasteiger partial charge in [-0.05, 0) is 91.7 Å². The van der Waals surface area contributed by atoms with E-state index in [0.717, 1.165) is 0 Å². The fourth-order valence-electron chi connectivity index (χ4n) is 3.61. The molecule has 204 valence electrons. The number of rotatable bonds is 15. The van der Waals surface area contributed by atoms with Gasteiger partial charge in [-0.3, -0.25) is 0 Å². The zero-order valence-electron chi connectivity index (χ0n) is 25.1. The predicted molar refractivity (Wildman–Crippen MR) is 164 cm³/mol. The van der Waals surface area contributed by atoms with Crippen LogP contribution in [0.1, 0.15) is 0 Å². The van der Waals surface area contributed by atoms with E-state index in [4.69, 9.17) is 28.8 Å². The highest BCUT2D eigenvalue weighted by Gasteiger charge is 2.58. The van der Waals surface area contributed by atoms with Gasteiger partial charge in [-0.2, -0.15) is 0 Å². The molecule has 0 atom stereocenters. The summed E-state index contributed by atoms with van der Waals surface area (Å²) in [6.45, 7) is 40.0. The van der Waals surface area contributed by atoms with Crippen LogP contribution in [0.4, 0.5) is 0 Å². The van der Waals surface area contributed by atoms with Gasteiger partial charge >= 0.3 is 26.4 Å². The van der Waals surface area contributed by atoms with E-state index in [0.29, 0.717) is 0 Å². The molecule has 7 nitrogen and oxygen atoms in total. The Morgan fingerprint density at radius 3 is 0.735 bits per heavy atom.